The summed E-state index contributed by atoms with van der Waals surface area (Å²) in [5, 5.41) is 0. The summed E-state index contributed by atoms with van der Waals surface area (Å²) in [6.07, 6.45) is 6.72. The highest BCUT2D eigenvalue weighted by atomic mass is 16.6. The molecule has 186 valence electrons. The molecule has 0 aliphatic carbocycles. The third-order valence-corrected chi connectivity index (χ3v) is 5.45. The van der Waals surface area contributed by atoms with Crippen LogP contribution >= 0.6 is 0 Å². The summed E-state index contributed by atoms with van der Waals surface area (Å²) in [5.74, 6) is 1.17. The molecule has 0 amide bonds. The molecule has 7 nitrogen and oxygen atoms in total. The predicted octanol–water partition coefficient (Wildman–Crippen LogP) is 5.22. The van der Waals surface area contributed by atoms with Crippen molar-refractivity contribution < 1.29 is 33.2 Å². The van der Waals surface area contributed by atoms with E-state index >= 15 is 0 Å². The van der Waals surface area contributed by atoms with Gasteiger partial charge in [0.15, 0.2) is 11.5 Å². The van der Waals surface area contributed by atoms with Gasteiger partial charge in [-0.15, -0.1) is 0 Å². The lowest BCUT2D eigenvalue weighted by Crippen LogP contribution is -2.25. The van der Waals surface area contributed by atoms with Gasteiger partial charge >= 0.3 is 5.97 Å². The number of carbonyl (C=O) groups is 1. The van der Waals surface area contributed by atoms with E-state index in [9.17, 15) is 4.79 Å². The Bertz CT molecular complexity index is 983. The number of allylic oxidation sites excluding steroid dienone is 1. The van der Waals surface area contributed by atoms with Gasteiger partial charge in [-0.25, -0.2) is 4.79 Å². The van der Waals surface area contributed by atoms with Gasteiger partial charge in [0.2, 0.25) is 0 Å². The monoisotopic (exact) mass is 472 g/mol. The second kappa shape index (κ2) is 11.3. The largest absolute Gasteiger partial charge is 0.503 e. The van der Waals surface area contributed by atoms with E-state index in [0.717, 1.165) is 5.56 Å². The number of methoxy groups -OCH3 is 3. The van der Waals surface area contributed by atoms with Crippen LogP contribution in [0.25, 0.3) is 6.08 Å². The maximum absolute atomic E-state index is 12.1. The highest BCUT2D eigenvalue weighted by molar-refractivity contribution is 5.93. The van der Waals surface area contributed by atoms with Gasteiger partial charge in [0, 0.05) is 5.57 Å². The van der Waals surface area contributed by atoms with Crippen molar-refractivity contribution in [2.45, 2.75) is 51.9 Å². The second-order valence-corrected chi connectivity index (χ2v) is 8.92. The molecule has 7 heteroatoms. The third-order valence-electron chi connectivity index (χ3n) is 5.45. The van der Waals surface area contributed by atoms with E-state index in [2.05, 4.69) is 6.58 Å². The summed E-state index contributed by atoms with van der Waals surface area (Å²) in [6, 6.07) is 5.65. The first-order chi connectivity index (χ1) is 16.0. The van der Waals surface area contributed by atoms with E-state index in [0.29, 0.717) is 29.4 Å². The number of hydrogen-bond acceptors (Lipinski definition) is 7. The van der Waals surface area contributed by atoms with Crippen LogP contribution < -0.4 is 9.47 Å². The maximum atomic E-state index is 12.1. The molecule has 0 bridgehead atoms. The van der Waals surface area contributed by atoms with Crippen LogP contribution in [0.1, 0.15) is 40.2 Å². The molecule has 0 saturated carbocycles. The van der Waals surface area contributed by atoms with Gasteiger partial charge in [-0.05, 0) is 64.5 Å². The minimum Gasteiger partial charge on any atom is -0.503 e. The van der Waals surface area contributed by atoms with Crippen LogP contribution in [0.5, 0.6) is 11.5 Å². The Hall–Kier alpha value is -3.19. The second-order valence-electron chi connectivity index (χ2n) is 8.92. The van der Waals surface area contributed by atoms with E-state index < -0.39 is 11.6 Å². The maximum Gasteiger partial charge on any atom is 0.341 e. The standard InChI is InChI=1S/C27H36O7/c1-10-26(3,4)33-22-14-12-19(15-23(22)32-17-24-27(5,6)34-24)11-13-21(30-8)18(2)20(16-29-7)25(28)31-9/h10-16,24H,1,17H2,2-9H3/t24-/m1/s1. The SMILES string of the molecule is C=CC(C)(C)Oc1ccc(C=CC(OC)=C(C)C(=COC)C(=O)OC)cc1OC[C@H]1OC1(C)C. The summed E-state index contributed by atoms with van der Waals surface area (Å²) < 4.78 is 33.2. The quantitative estimate of drug-likeness (QED) is 0.103. The molecule has 34 heavy (non-hydrogen) atoms. The smallest absolute Gasteiger partial charge is 0.341 e. The van der Waals surface area contributed by atoms with E-state index in [1.165, 1.54) is 27.6 Å². The third kappa shape index (κ3) is 7.15. The first-order valence-corrected chi connectivity index (χ1v) is 11.0. The topological polar surface area (TPSA) is 75.8 Å². The zero-order valence-electron chi connectivity index (χ0n) is 21.4. The summed E-state index contributed by atoms with van der Waals surface area (Å²) in [6.45, 7) is 13.9. The van der Waals surface area contributed by atoms with Crippen LogP contribution in [0.4, 0.5) is 0 Å². The Morgan fingerprint density at radius 2 is 1.85 bits per heavy atom. The van der Waals surface area contributed by atoms with Gasteiger partial charge in [-0.1, -0.05) is 18.7 Å². The van der Waals surface area contributed by atoms with Crippen molar-refractivity contribution in [1.29, 1.82) is 0 Å². The van der Waals surface area contributed by atoms with Crippen molar-refractivity contribution in [1.82, 2.24) is 0 Å². The van der Waals surface area contributed by atoms with Gasteiger partial charge in [0.1, 0.15) is 29.6 Å². The van der Waals surface area contributed by atoms with E-state index in [4.69, 9.17) is 28.4 Å². The Morgan fingerprint density at radius 3 is 2.38 bits per heavy atom. The molecule has 2 rings (SSSR count). The lowest BCUT2D eigenvalue weighted by molar-refractivity contribution is -0.136. The molecule has 0 N–H and O–H groups in total. The Labute approximate surface area is 202 Å². The van der Waals surface area contributed by atoms with Crippen LogP contribution in [0.15, 0.2) is 60.1 Å². The molecular formula is C27H36O7. The van der Waals surface area contributed by atoms with Crippen molar-refractivity contribution in [3.8, 4) is 11.5 Å². The molecular weight excluding hydrogens is 436 g/mol. The van der Waals surface area contributed by atoms with Crippen molar-refractivity contribution in [2.24, 2.45) is 0 Å². The van der Waals surface area contributed by atoms with Crippen LogP contribution in [0.3, 0.4) is 0 Å². The lowest BCUT2D eigenvalue weighted by Gasteiger charge is -2.24. The fraction of sp³-hybridized carbons (Fsp3) is 0.444. The minimum absolute atomic E-state index is 0.0296. The molecule has 1 aromatic rings. The first kappa shape index (κ1) is 27.1. The summed E-state index contributed by atoms with van der Waals surface area (Å²) in [7, 11) is 4.31. The highest BCUT2D eigenvalue weighted by Gasteiger charge is 2.48. The molecule has 1 aliphatic heterocycles. The zero-order valence-corrected chi connectivity index (χ0v) is 21.4. The Balaban J connectivity index is 2.35. The Kier molecular flexibility index (Phi) is 8.99. The van der Waals surface area contributed by atoms with Crippen LogP contribution in [-0.4, -0.2) is 51.2 Å². The van der Waals surface area contributed by atoms with Crippen molar-refractivity contribution in [3.63, 3.8) is 0 Å². The van der Waals surface area contributed by atoms with Gasteiger partial charge in [-0.2, -0.15) is 0 Å². The van der Waals surface area contributed by atoms with Crippen molar-refractivity contribution in [3.05, 3.63) is 65.7 Å². The molecule has 1 heterocycles. The number of carbonyl (C=O) groups excluding carboxylic acids is 1. The van der Waals surface area contributed by atoms with Gasteiger partial charge in [0.25, 0.3) is 0 Å². The number of hydrogen-bond donors (Lipinski definition) is 0. The van der Waals surface area contributed by atoms with E-state index in [-0.39, 0.29) is 17.3 Å². The minimum atomic E-state index is -0.564. The van der Waals surface area contributed by atoms with Crippen LogP contribution in [-0.2, 0) is 23.7 Å². The number of benzene rings is 1. The first-order valence-electron chi connectivity index (χ1n) is 11.0. The van der Waals surface area contributed by atoms with Gasteiger partial charge < -0.3 is 28.4 Å². The fourth-order valence-electron chi connectivity index (χ4n) is 3.05. The molecule has 0 spiro atoms. The molecule has 1 atom stereocenters. The highest BCUT2D eigenvalue weighted by Crippen LogP contribution is 2.38. The fourth-order valence-corrected chi connectivity index (χ4v) is 3.05. The molecule has 1 fully saturated rings. The number of esters is 1. The van der Waals surface area contributed by atoms with Gasteiger partial charge in [0.05, 0.1) is 33.2 Å². The average Bonchev–Trinajstić information content (AvgIpc) is 3.42. The van der Waals surface area contributed by atoms with Crippen molar-refractivity contribution >= 4 is 12.0 Å². The molecule has 1 aliphatic rings. The van der Waals surface area contributed by atoms with E-state index in [1.807, 2.05) is 52.0 Å². The lowest BCUT2D eigenvalue weighted by atomic mass is 10.1. The number of rotatable bonds is 12. The van der Waals surface area contributed by atoms with Gasteiger partial charge in [-0.3, -0.25) is 0 Å². The average molecular weight is 473 g/mol. The Morgan fingerprint density at radius 1 is 1.18 bits per heavy atom. The molecule has 0 unspecified atom stereocenters. The predicted molar refractivity (Wildman–Crippen MR) is 132 cm³/mol. The molecule has 1 saturated heterocycles. The normalized spacial score (nSPS) is 18.1. The van der Waals surface area contributed by atoms with Crippen molar-refractivity contribution in [2.75, 3.05) is 27.9 Å². The molecule has 1 aromatic carbocycles. The summed E-state index contributed by atoms with van der Waals surface area (Å²) >= 11 is 0. The van der Waals surface area contributed by atoms with Crippen LogP contribution in [0, 0.1) is 0 Å². The van der Waals surface area contributed by atoms with Crippen LogP contribution in [0.2, 0.25) is 0 Å². The summed E-state index contributed by atoms with van der Waals surface area (Å²) in [4.78, 5) is 12.1. The molecule has 0 aromatic heterocycles. The number of ether oxygens (including phenoxy) is 6. The number of epoxide rings is 1. The van der Waals surface area contributed by atoms with E-state index in [1.54, 1.807) is 19.1 Å². The zero-order chi connectivity index (χ0) is 25.5. The molecule has 0 radical (unpaired) electrons. The summed E-state index contributed by atoms with van der Waals surface area (Å²) in [5.41, 5.74) is 0.947.